The van der Waals surface area contributed by atoms with E-state index in [1.54, 1.807) is 18.2 Å². The Morgan fingerprint density at radius 1 is 1.43 bits per heavy atom. The van der Waals surface area contributed by atoms with Crippen LogP contribution >= 0.6 is 0 Å². The van der Waals surface area contributed by atoms with E-state index in [-0.39, 0.29) is 11.7 Å². The second-order valence-corrected chi connectivity index (χ2v) is 7.30. The number of rotatable bonds is 9. The molecule has 1 amide bonds. The summed E-state index contributed by atoms with van der Waals surface area (Å²) in [6.07, 6.45) is 4.33. The number of nitrogens with zero attached hydrogens (tertiary/aromatic N) is 2. The minimum Gasteiger partial charge on any atom is -0.492 e. The Hall–Kier alpha value is -2.91. The van der Waals surface area contributed by atoms with Crippen molar-refractivity contribution in [3.8, 4) is 5.75 Å². The van der Waals surface area contributed by atoms with Crippen LogP contribution in [0.2, 0.25) is 0 Å². The lowest BCUT2D eigenvalue weighted by Crippen LogP contribution is -2.31. The first-order valence-corrected chi connectivity index (χ1v) is 10.2. The van der Waals surface area contributed by atoms with Crippen molar-refractivity contribution in [3.05, 3.63) is 47.0 Å². The fourth-order valence-corrected chi connectivity index (χ4v) is 3.36. The first kappa shape index (κ1) is 21.8. The lowest BCUT2D eigenvalue weighted by Gasteiger charge is -2.20. The lowest BCUT2D eigenvalue weighted by molar-refractivity contribution is 0.101. The second kappa shape index (κ2) is 9.73. The van der Waals surface area contributed by atoms with Crippen LogP contribution in [-0.4, -0.2) is 47.4 Å². The van der Waals surface area contributed by atoms with Gasteiger partial charge in [0.1, 0.15) is 12.4 Å². The Labute approximate surface area is 175 Å². The van der Waals surface area contributed by atoms with Crippen molar-refractivity contribution in [1.29, 1.82) is 0 Å². The summed E-state index contributed by atoms with van der Waals surface area (Å²) in [4.78, 5) is 12.6. The maximum atomic E-state index is 14.5. The van der Waals surface area contributed by atoms with Crippen molar-refractivity contribution in [2.45, 2.75) is 39.2 Å². The van der Waals surface area contributed by atoms with Crippen LogP contribution in [0.25, 0.3) is 5.70 Å². The molecule has 5 N–H and O–H groups in total. The highest BCUT2D eigenvalue weighted by Gasteiger charge is 2.23. The summed E-state index contributed by atoms with van der Waals surface area (Å²) in [6, 6.07) is 5.44. The Kier molecular flexibility index (Phi) is 7.07. The van der Waals surface area contributed by atoms with Gasteiger partial charge in [0.2, 0.25) is 0 Å². The largest absolute Gasteiger partial charge is 0.492 e. The number of unbranched alkanes of at least 4 members (excludes halogenated alkanes) is 1. The van der Waals surface area contributed by atoms with Gasteiger partial charge in [-0.05, 0) is 44.0 Å². The number of nitrogens with two attached hydrogens (primary N) is 1. The SMILES string of the molecule is CCCCc1[nH]nc(C(=O)Nc2ccc(OCCN)c(C3=CC(C)NN3C)c2)c1F. The normalized spacial score (nSPS) is 16.0. The van der Waals surface area contributed by atoms with Crippen LogP contribution < -0.4 is 21.2 Å². The van der Waals surface area contributed by atoms with Gasteiger partial charge in [-0.25, -0.2) is 9.82 Å². The number of aryl methyl sites for hydroxylation is 1. The molecule has 1 unspecified atom stereocenters. The number of aromatic amines is 1. The van der Waals surface area contributed by atoms with Crippen LogP contribution in [0.15, 0.2) is 24.3 Å². The molecular weight excluding hydrogens is 387 g/mol. The number of hydrogen-bond acceptors (Lipinski definition) is 6. The molecule has 1 aliphatic heterocycles. The lowest BCUT2D eigenvalue weighted by atomic mass is 10.1. The summed E-state index contributed by atoms with van der Waals surface area (Å²) in [5.41, 5.74) is 11.2. The van der Waals surface area contributed by atoms with E-state index in [4.69, 9.17) is 10.5 Å². The Balaban J connectivity index is 1.84. The molecular formula is C21H29FN6O2. The number of H-pyrrole nitrogens is 1. The van der Waals surface area contributed by atoms with Crippen LogP contribution in [0.1, 0.15) is 48.4 Å². The molecule has 3 rings (SSSR count). The molecule has 162 valence electrons. The molecule has 1 aliphatic rings. The van der Waals surface area contributed by atoms with Crippen molar-refractivity contribution in [3.63, 3.8) is 0 Å². The molecule has 0 bridgehead atoms. The molecule has 0 radical (unpaired) electrons. The average Bonchev–Trinajstić information content (AvgIpc) is 3.26. The van der Waals surface area contributed by atoms with E-state index in [0.29, 0.717) is 36.7 Å². The number of carbonyl (C=O) groups is 1. The third-order valence-corrected chi connectivity index (χ3v) is 4.83. The number of benzene rings is 1. The molecule has 0 spiro atoms. The van der Waals surface area contributed by atoms with E-state index >= 15 is 0 Å². The third-order valence-electron chi connectivity index (χ3n) is 4.83. The smallest absolute Gasteiger partial charge is 0.279 e. The zero-order valence-electron chi connectivity index (χ0n) is 17.6. The highest BCUT2D eigenvalue weighted by molar-refractivity contribution is 6.03. The average molecular weight is 417 g/mol. The first-order valence-electron chi connectivity index (χ1n) is 10.2. The molecule has 2 heterocycles. The quantitative estimate of drug-likeness (QED) is 0.501. The van der Waals surface area contributed by atoms with Crippen LogP contribution in [0.5, 0.6) is 5.75 Å². The molecule has 2 aromatic rings. The molecule has 0 fully saturated rings. The van der Waals surface area contributed by atoms with E-state index in [2.05, 4.69) is 27.0 Å². The maximum Gasteiger partial charge on any atom is 0.279 e. The van der Waals surface area contributed by atoms with Gasteiger partial charge in [0.05, 0.1) is 11.4 Å². The maximum absolute atomic E-state index is 14.5. The molecule has 0 saturated heterocycles. The van der Waals surface area contributed by atoms with Gasteiger partial charge in [-0.1, -0.05) is 13.3 Å². The number of hydrazine groups is 1. The van der Waals surface area contributed by atoms with E-state index in [1.807, 2.05) is 25.9 Å². The number of aromatic nitrogens is 2. The summed E-state index contributed by atoms with van der Waals surface area (Å²) in [6.45, 7) is 4.82. The number of anilines is 1. The summed E-state index contributed by atoms with van der Waals surface area (Å²) in [7, 11) is 1.91. The van der Waals surface area contributed by atoms with E-state index in [9.17, 15) is 9.18 Å². The van der Waals surface area contributed by atoms with Gasteiger partial charge < -0.3 is 20.8 Å². The highest BCUT2D eigenvalue weighted by atomic mass is 19.1. The predicted molar refractivity (Wildman–Crippen MR) is 114 cm³/mol. The number of amides is 1. The first-order chi connectivity index (χ1) is 14.4. The molecule has 1 atom stereocenters. The summed E-state index contributed by atoms with van der Waals surface area (Å²) < 4.78 is 20.3. The van der Waals surface area contributed by atoms with Crippen molar-refractivity contribution in [1.82, 2.24) is 20.6 Å². The molecule has 8 nitrogen and oxygen atoms in total. The van der Waals surface area contributed by atoms with Gasteiger partial charge in [-0.15, -0.1) is 0 Å². The van der Waals surface area contributed by atoms with Crippen LogP contribution in [0.3, 0.4) is 0 Å². The predicted octanol–water partition coefficient (Wildman–Crippen LogP) is 2.66. The van der Waals surface area contributed by atoms with Crippen molar-refractivity contribution >= 4 is 17.3 Å². The summed E-state index contributed by atoms with van der Waals surface area (Å²) >= 11 is 0. The van der Waals surface area contributed by atoms with Gasteiger partial charge in [0, 0.05) is 30.9 Å². The molecule has 0 saturated carbocycles. The molecule has 30 heavy (non-hydrogen) atoms. The Morgan fingerprint density at radius 3 is 2.90 bits per heavy atom. The highest BCUT2D eigenvalue weighted by Crippen LogP contribution is 2.33. The van der Waals surface area contributed by atoms with E-state index < -0.39 is 11.7 Å². The molecule has 1 aromatic carbocycles. The number of ether oxygens (including phenoxy) is 1. The number of nitrogens with one attached hydrogen (secondary N) is 3. The monoisotopic (exact) mass is 416 g/mol. The van der Waals surface area contributed by atoms with Crippen LogP contribution in [0.4, 0.5) is 10.1 Å². The van der Waals surface area contributed by atoms with E-state index in [1.165, 1.54) is 0 Å². The number of halogens is 1. The van der Waals surface area contributed by atoms with E-state index in [0.717, 1.165) is 24.1 Å². The topological polar surface area (TPSA) is 108 Å². The van der Waals surface area contributed by atoms with Gasteiger partial charge in [0.25, 0.3) is 5.91 Å². The van der Waals surface area contributed by atoms with Gasteiger partial charge in [-0.3, -0.25) is 9.89 Å². The number of carbonyl (C=O) groups excluding carboxylic acids is 1. The fraction of sp³-hybridized carbons (Fsp3) is 0.429. The third kappa shape index (κ3) is 4.80. The zero-order chi connectivity index (χ0) is 21.7. The zero-order valence-corrected chi connectivity index (χ0v) is 17.6. The summed E-state index contributed by atoms with van der Waals surface area (Å²) in [5.74, 6) is -0.547. The minimum atomic E-state index is -0.603. The Bertz CT molecular complexity index is 926. The Morgan fingerprint density at radius 2 is 2.23 bits per heavy atom. The van der Waals surface area contributed by atoms with Crippen molar-refractivity contribution in [2.75, 3.05) is 25.5 Å². The second-order valence-electron chi connectivity index (χ2n) is 7.30. The van der Waals surface area contributed by atoms with Crippen molar-refractivity contribution in [2.24, 2.45) is 5.73 Å². The fourth-order valence-electron chi connectivity index (χ4n) is 3.36. The molecule has 1 aromatic heterocycles. The minimum absolute atomic E-state index is 0.158. The van der Waals surface area contributed by atoms with Gasteiger partial charge in [-0.2, -0.15) is 5.10 Å². The number of hydrogen-bond donors (Lipinski definition) is 4. The van der Waals surface area contributed by atoms with Gasteiger partial charge in [0.15, 0.2) is 11.5 Å². The van der Waals surface area contributed by atoms with Crippen molar-refractivity contribution < 1.29 is 13.9 Å². The van der Waals surface area contributed by atoms with Crippen LogP contribution in [-0.2, 0) is 6.42 Å². The van der Waals surface area contributed by atoms with Crippen LogP contribution in [0, 0.1) is 5.82 Å². The summed E-state index contributed by atoms with van der Waals surface area (Å²) in [5, 5.41) is 11.1. The molecule has 9 heteroatoms. The molecule has 0 aliphatic carbocycles. The standard InChI is InChI=1S/C21H29FN6O2/c1-4-5-6-16-19(22)20(26-25-16)21(29)24-14-7-8-18(30-10-9-23)15(12-14)17-11-13(2)27-28(17)3/h7-8,11-13,27H,4-6,9-10,23H2,1-3H3,(H,24,29)(H,25,26). The van der Waals surface area contributed by atoms with Gasteiger partial charge >= 0.3 is 0 Å².